The summed E-state index contributed by atoms with van der Waals surface area (Å²) in [6.07, 6.45) is 1.57. The number of likely N-dealkylation sites (tertiary alicyclic amines) is 1. The van der Waals surface area contributed by atoms with E-state index >= 15 is 0 Å². The largest absolute Gasteiger partial charge is 0.496 e. The molecule has 3 aromatic carbocycles. The number of para-hydroxylation sites is 1. The van der Waals surface area contributed by atoms with E-state index < -0.39 is 5.82 Å². The average Bonchev–Trinajstić information content (AvgIpc) is 3.48. The van der Waals surface area contributed by atoms with Gasteiger partial charge in [0, 0.05) is 17.8 Å². The summed E-state index contributed by atoms with van der Waals surface area (Å²) in [6.45, 7) is 0.566. The number of fused-ring (bicyclic) bond motifs is 1. The second-order valence-electron chi connectivity index (χ2n) is 7.85. The number of hydrogen-bond donors (Lipinski definition) is 1. The van der Waals surface area contributed by atoms with Crippen LogP contribution in [-0.2, 0) is 0 Å². The lowest BCUT2D eigenvalue weighted by Gasteiger charge is -2.22. The predicted molar refractivity (Wildman–Crippen MR) is 125 cm³/mol. The number of methoxy groups -OCH3 is 1. The van der Waals surface area contributed by atoms with Crippen LogP contribution in [-0.4, -0.2) is 29.6 Å². The molecule has 0 radical (unpaired) electrons. The van der Waals surface area contributed by atoms with Crippen LogP contribution >= 0.6 is 11.6 Å². The van der Waals surface area contributed by atoms with Crippen molar-refractivity contribution < 1.29 is 18.3 Å². The molecular formula is C25H21ClFN3O3. The quantitative estimate of drug-likeness (QED) is 0.365. The van der Waals surface area contributed by atoms with Crippen LogP contribution in [0.1, 0.15) is 24.8 Å². The fraction of sp³-hybridized carbons (Fsp3) is 0.200. The third kappa shape index (κ3) is 4.12. The average molecular weight is 466 g/mol. The number of nitrogens with one attached hydrogen (secondary N) is 1. The molecule has 0 spiro atoms. The lowest BCUT2D eigenvalue weighted by Crippen LogP contribution is -2.34. The van der Waals surface area contributed by atoms with Crippen LogP contribution in [0.15, 0.2) is 65.1 Å². The van der Waals surface area contributed by atoms with Crippen molar-refractivity contribution in [3.05, 3.63) is 77.4 Å². The molecule has 0 bridgehead atoms. The number of anilines is 1. The van der Waals surface area contributed by atoms with Crippen LogP contribution in [0.2, 0.25) is 5.02 Å². The molecular weight excluding hydrogens is 445 g/mol. The Labute approximate surface area is 194 Å². The number of nitrogens with zero attached hydrogens (tertiary/aromatic N) is 2. The van der Waals surface area contributed by atoms with Crippen LogP contribution in [0, 0.1) is 5.82 Å². The van der Waals surface area contributed by atoms with Gasteiger partial charge in [0.15, 0.2) is 5.58 Å². The van der Waals surface area contributed by atoms with Crippen LogP contribution in [0.3, 0.4) is 0 Å². The molecule has 1 N–H and O–H groups in total. The van der Waals surface area contributed by atoms with Crippen molar-refractivity contribution in [1.82, 2.24) is 9.88 Å². The van der Waals surface area contributed by atoms with E-state index in [-0.39, 0.29) is 17.1 Å². The van der Waals surface area contributed by atoms with Gasteiger partial charge in [-0.1, -0.05) is 35.9 Å². The van der Waals surface area contributed by atoms with E-state index in [1.807, 2.05) is 42.5 Å². The van der Waals surface area contributed by atoms with E-state index in [0.29, 0.717) is 29.2 Å². The normalized spacial score (nSPS) is 15.7. The van der Waals surface area contributed by atoms with E-state index in [9.17, 15) is 9.18 Å². The lowest BCUT2D eigenvalue weighted by atomic mass is 10.0. The van der Waals surface area contributed by atoms with Gasteiger partial charge in [-0.15, -0.1) is 0 Å². The number of hydrogen-bond acceptors (Lipinski definition) is 4. The number of rotatable bonds is 4. The second kappa shape index (κ2) is 8.75. The first kappa shape index (κ1) is 21.3. The molecule has 1 saturated heterocycles. The zero-order valence-corrected chi connectivity index (χ0v) is 18.6. The van der Waals surface area contributed by atoms with Gasteiger partial charge < -0.3 is 19.4 Å². The van der Waals surface area contributed by atoms with E-state index in [1.165, 1.54) is 18.2 Å². The molecule has 2 heterocycles. The molecule has 1 atom stereocenters. The monoisotopic (exact) mass is 465 g/mol. The van der Waals surface area contributed by atoms with E-state index in [4.69, 9.17) is 25.7 Å². The van der Waals surface area contributed by atoms with Gasteiger partial charge in [-0.05, 0) is 54.8 Å². The molecule has 1 aromatic heterocycles. The summed E-state index contributed by atoms with van der Waals surface area (Å²) in [5.74, 6) is 0.736. The first-order valence-electron chi connectivity index (χ1n) is 10.6. The summed E-state index contributed by atoms with van der Waals surface area (Å²) in [5.41, 5.74) is 3.73. The Hall–Kier alpha value is -3.58. The molecule has 1 unspecified atom stereocenters. The Morgan fingerprint density at radius 1 is 1.21 bits per heavy atom. The summed E-state index contributed by atoms with van der Waals surface area (Å²) in [7, 11) is 1.64. The van der Waals surface area contributed by atoms with Crippen LogP contribution in [0.5, 0.6) is 5.75 Å². The zero-order valence-electron chi connectivity index (χ0n) is 17.8. The third-order valence-corrected chi connectivity index (χ3v) is 6.08. The molecule has 2 amide bonds. The smallest absolute Gasteiger partial charge is 0.322 e. The minimum absolute atomic E-state index is 0.0458. The Kier molecular flexibility index (Phi) is 5.64. The maximum atomic E-state index is 13.4. The molecule has 168 valence electrons. The zero-order chi connectivity index (χ0) is 22.9. The second-order valence-corrected chi connectivity index (χ2v) is 8.25. The molecule has 5 rings (SSSR count). The van der Waals surface area contributed by atoms with Crippen molar-refractivity contribution >= 4 is 34.4 Å². The molecule has 1 aliphatic rings. The fourth-order valence-corrected chi connectivity index (χ4v) is 4.35. The molecule has 1 aliphatic heterocycles. The first-order chi connectivity index (χ1) is 16.0. The SMILES string of the molecule is COc1ccccc1-c1ccc2oc(C3CCCN3C(=O)Nc3ccc(F)c(Cl)c3)nc2c1. The lowest BCUT2D eigenvalue weighted by molar-refractivity contribution is 0.199. The van der Waals surface area contributed by atoms with E-state index in [2.05, 4.69) is 5.32 Å². The Balaban J connectivity index is 1.40. The van der Waals surface area contributed by atoms with Crippen molar-refractivity contribution in [3.8, 4) is 16.9 Å². The van der Waals surface area contributed by atoms with Gasteiger partial charge in [0.05, 0.1) is 12.1 Å². The number of carbonyl (C=O) groups is 1. The van der Waals surface area contributed by atoms with Crippen LogP contribution < -0.4 is 10.1 Å². The summed E-state index contributed by atoms with van der Waals surface area (Å²) in [5, 5.41) is 2.74. The maximum Gasteiger partial charge on any atom is 0.322 e. The standard InChI is InChI=1S/C25H21ClFN3O3/c1-32-22-7-3-2-5-17(22)15-8-11-23-20(13-15)29-24(33-23)21-6-4-12-30(21)25(31)28-16-9-10-19(27)18(26)14-16/h2-3,5,7-11,13-14,21H,4,6,12H2,1H3,(H,28,31). The highest BCUT2D eigenvalue weighted by Crippen LogP contribution is 2.36. The van der Waals surface area contributed by atoms with Crippen molar-refractivity contribution in [2.75, 3.05) is 19.0 Å². The van der Waals surface area contributed by atoms with Crippen molar-refractivity contribution in [2.45, 2.75) is 18.9 Å². The van der Waals surface area contributed by atoms with E-state index in [0.717, 1.165) is 29.7 Å². The predicted octanol–water partition coefficient (Wildman–Crippen LogP) is 6.66. The number of urea groups is 1. The van der Waals surface area contributed by atoms with Crippen LogP contribution in [0.4, 0.5) is 14.9 Å². The van der Waals surface area contributed by atoms with E-state index in [1.54, 1.807) is 12.0 Å². The van der Waals surface area contributed by atoms with Crippen molar-refractivity contribution in [1.29, 1.82) is 0 Å². The molecule has 6 nitrogen and oxygen atoms in total. The Bertz CT molecular complexity index is 1340. The molecule has 1 fully saturated rings. The highest BCUT2D eigenvalue weighted by Gasteiger charge is 2.33. The fourth-order valence-electron chi connectivity index (χ4n) is 4.17. The number of amides is 2. The summed E-state index contributed by atoms with van der Waals surface area (Å²) >= 11 is 5.83. The maximum absolute atomic E-state index is 13.4. The summed E-state index contributed by atoms with van der Waals surface area (Å²) in [4.78, 5) is 19.3. The molecule has 8 heteroatoms. The van der Waals surface area contributed by atoms with Crippen molar-refractivity contribution in [3.63, 3.8) is 0 Å². The van der Waals surface area contributed by atoms with Gasteiger partial charge >= 0.3 is 6.03 Å². The number of benzene rings is 3. The highest BCUT2D eigenvalue weighted by atomic mass is 35.5. The van der Waals surface area contributed by atoms with Crippen molar-refractivity contribution in [2.24, 2.45) is 0 Å². The minimum atomic E-state index is -0.535. The summed E-state index contributed by atoms with van der Waals surface area (Å²) < 4.78 is 24.9. The van der Waals surface area contributed by atoms with Gasteiger partial charge in [0.25, 0.3) is 0 Å². The third-order valence-electron chi connectivity index (χ3n) is 5.79. The van der Waals surface area contributed by atoms with Gasteiger partial charge in [-0.3, -0.25) is 0 Å². The van der Waals surface area contributed by atoms with Gasteiger partial charge in [0.1, 0.15) is 23.1 Å². The highest BCUT2D eigenvalue weighted by molar-refractivity contribution is 6.31. The Morgan fingerprint density at radius 3 is 2.88 bits per heavy atom. The molecule has 0 aliphatic carbocycles. The van der Waals surface area contributed by atoms with Gasteiger partial charge in [-0.25, -0.2) is 14.2 Å². The number of halogens is 2. The topological polar surface area (TPSA) is 67.6 Å². The number of carbonyl (C=O) groups excluding carboxylic acids is 1. The first-order valence-corrected chi connectivity index (χ1v) is 11.0. The molecule has 33 heavy (non-hydrogen) atoms. The van der Waals surface area contributed by atoms with Gasteiger partial charge in [0.2, 0.25) is 5.89 Å². The van der Waals surface area contributed by atoms with Crippen LogP contribution in [0.25, 0.3) is 22.2 Å². The number of ether oxygens (including phenoxy) is 1. The van der Waals surface area contributed by atoms with Gasteiger partial charge in [-0.2, -0.15) is 0 Å². The number of oxazole rings is 1. The molecule has 4 aromatic rings. The number of aromatic nitrogens is 1. The minimum Gasteiger partial charge on any atom is -0.496 e. The Morgan fingerprint density at radius 2 is 2.06 bits per heavy atom. The summed E-state index contributed by atoms with van der Waals surface area (Å²) in [6, 6.07) is 17.1. The molecule has 0 saturated carbocycles.